The highest BCUT2D eigenvalue weighted by molar-refractivity contribution is 6.53. The third-order valence-corrected chi connectivity index (χ3v) is 6.13. The quantitative estimate of drug-likeness (QED) is 0.294. The number of nitrogens with zero attached hydrogens (tertiary/aromatic N) is 1. The van der Waals surface area contributed by atoms with Gasteiger partial charge < -0.3 is 15.4 Å². The molecular weight excluding hydrogens is 506 g/mol. The second-order valence-corrected chi connectivity index (χ2v) is 9.18. The van der Waals surface area contributed by atoms with Crippen molar-refractivity contribution in [2.24, 2.45) is 0 Å². The summed E-state index contributed by atoms with van der Waals surface area (Å²) >= 11 is 6.25. The van der Waals surface area contributed by atoms with E-state index in [-0.39, 0.29) is 22.7 Å². The topological polar surface area (TPSA) is 105 Å². The van der Waals surface area contributed by atoms with Crippen LogP contribution < -0.4 is 15.5 Å². The van der Waals surface area contributed by atoms with E-state index in [9.17, 15) is 19.2 Å². The van der Waals surface area contributed by atoms with Crippen LogP contribution in [0.5, 0.6) is 0 Å². The molecule has 3 amide bonds. The van der Waals surface area contributed by atoms with E-state index < -0.39 is 17.8 Å². The molecule has 3 aromatic carbocycles. The Morgan fingerprint density at radius 2 is 1.47 bits per heavy atom. The van der Waals surface area contributed by atoms with Gasteiger partial charge in [0.15, 0.2) is 0 Å². The van der Waals surface area contributed by atoms with E-state index in [1.54, 1.807) is 74.5 Å². The normalized spacial score (nSPS) is 13.2. The summed E-state index contributed by atoms with van der Waals surface area (Å²) in [6, 6.07) is 19.9. The largest absolute Gasteiger partial charge is 0.459 e. The summed E-state index contributed by atoms with van der Waals surface area (Å²) in [6.45, 7) is 5.48. The minimum atomic E-state index is -0.598. The number of hydrogen-bond donors (Lipinski definition) is 2. The van der Waals surface area contributed by atoms with Gasteiger partial charge in [-0.1, -0.05) is 36.7 Å². The second-order valence-electron chi connectivity index (χ2n) is 8.80. The van der Waals surface area contributed by atoms with Gasteiger partial charge in [-0.25, -0.2) is 9.69 Å². The fourth-order valence-corrected chi connectivity index (χ4v) is 4.09. The molecule has 0 bridgehead atoms. The van der Waals surface area contributed by atoms with E-state index in [2.05, 4.69) is 10.6 Å². The van der Waals surface area contributed by atoms with E-state index in [0.717, 1.165) is 10.5 Å². The van der Waals surface area contributed by atoms with Crippen molar-refractivity contribution in [3.05, 3.63) is 100 Å². The first-order chi connectivity index (χ1) is 18.2. The average molecular weight is 532 g/mol. The molecular formula is C29H26ClN3O5. The van der Waals surface area contributed by atoms with E-state index in [0.29, 0.717) is 34.6 Å². The van der Waals surface area contributed by atoms with Crippen molar-refractivity contribution in [2.45, 2.75) is 33.3 Å². The molecule has 4 rings (SSSR count). The summed E-state index contributed by atoms with van der Waals surface area (Å²) in [4.78, 5) is 51.6. The van der Waals surface area contributed by atoms with Crippen LogP contribution >= 0.6 is 11.6 Å². The molecule has 0 atom stereocenters. The number of imide groups is 1. The zero-order valence-corrected chi connectivity index (χ0v) is 21.8. The van der Waals surface area contributed by atoms with E-state index in [4.69, 9.17) is 16.3 Å². The van der Waals surface area contributed by atoms with Crippen LogP contribution in [0.3, 0.4) is 0 Å². The monoisotopic (exact) mass is 531 g/mol. The Balaban J connectivity index is 1.42. The van der Waals surface area contributed by atoms with Gasteiger partial charge in [0.05, 0.1) is 17.4 Å². The lowest BCUT2D eigenvalue weighted by atomic mass is 10.1. The van der Waals surface area contributed by atoms with Gasteiger partial charge in [0.2, 0.25) is 0 Å². The maximum atomic E-state index is 13.1. The van der Waals surface area contributed by atoms with Gasteiger partial charge in [-0.3, -0.25) is 14.4 Å². The SMILES string of the molecule is CCc1ccccc1N1C(=O)C(Cl)=C(Nc2ccc(C(=O)Nc3ccc(C(=O)OC(C)C)cc3)cc2)C1=O. The summed E-state index contributed by atoms with van der Waals surface area (Å²) in [5.41, 5.74) is 3.06. The molecule has 38 heavy (non-hydrogen) atoms. The molecule has 1 aliphatic rings. The molecule has 9 heteroatoms. The van der Waals surface area contributed by atoms with Crippen molar-refractivity contribution in [2.75, 3.05) is 15.5 Å². The second kappa shape index (κ2) is 11.3. The van der Waals surface area contributed by atoms with Gasteiger partial charge in [0, 0.05) is 16.9 Å². The van der Waals surface area contributed by atoms with Crippen LogP contribution in [-0.4, -0.2) is 29.8 Å². The number of anilines is 3. The number of rotatable bonds is 8. The summed E-state index contributed by atoms with van der Waals surface area (Å²) in [7, 11) is 0. The van der Waals surface area contributed by atoms with Crippen LogP contribution in [0, 0.1) is 0 Å². The summed E-state index contributed by atoms with van der Waals surface area (Å²) < 4.78 is 5.16. The van der Waals surface area contributed by atoms with Crippen molar-refractivity contribution in [1.82, 2.24) is 0 Å². The zero-order chi connectivity index (χ0) is 27.4. The Kier molecular flexibility index (Phi) is 7.93. The number of halogens is 1. The Hall–Kier alpha value is -4.43. The van der Waals surface area contributed by atoms with E-state index in [1.165, 1.54) is 0 Å². The van der Waals surface area contributed by atoms with E-state index in [1.807, 2.05) is 19.1 Å². The summed E-state index contributed by atoms with van der Waals surface area (Å²) in [5.74, 6) is -1.94. The minimum absolute atomic E-state index is 0.0316. The molecule has 0 aliphatic carbocycles. The standard InChI is InChI=1S/C29H26ClN3O5/c1-4-18-7-5-6-8-23(18)33-27(35)24(30)25(28(33)36)31-21-13-9-19(10-14-21)26(34)32-22-15-11-20(12-16-22)29(37)38-17(2)3/h5-17,31H,4H2,1-3H3,(H,32,34). The highest BCUT2D eigenvalue weighted by atomic mass is 35.5. The molecule has 1 heterocycles. The number of nitrogens with one attached hydrogen (secondary N) is 2. The predicted molar refractivity (Wildman–Crippen MR) is 146 cm³/mol. The number of carbonyl (C=O) groups is 4. The molecule has 0 spiro atoms. The summed E-state index contributed by atoms with van der Waals surface area (Å²) in [5, 5.41) is 5.47. The van der Waals surface area contributed by atoms with Gasteiger partial charge in [-0.05, 0) is 80.4 Å². The summed E-state index contributed by atoms with van der Waals surface area (Å²) in [6.07, 6.45) is 0.419. The lowest BCUT2D eigenvalue weighted by Gasteiger charge is -2.18. The van der Waals surface area contributed by atoms with Gasteiger partial charge in [-0.15, -0.1) is 0 Å². The number of benzene rings is 3. The lowest BCUT2D eigenvalue weighted by Crippen LogP contribution is -2.33. The van der Waals surface area contributed by atoms with Crippen molar-refractivity contribution >= 4 is 52.4 Å². The van der Waals surface area contributed by atoms with Crippen LogP contribution in [0.1, 0.15) is 47.1 Å². The first kappa shape index (κ1) is 26.6. The third-order valence-electron chi connectivity index (χ3n) is 5.78. The van der Waals surface area contributed by atoms with E-state index >= 15 is 0 Å². The molecule has 8 nitrogen and oxygen atoms in total. The maximum absolute atomic E-state index is 13.1. The van der Waals surface area contributed by atoms with Gasteiger partial charge in [0.1, 0.15) is 10.7 Å². The van der Waals surface area contributed by atoms with Crippen molar-refractivity contribution in [3.8, 4) is 0 Å². The Labute approximate surface area is 225 Å². The molecule has 0 saturated carbocycles. The molecule has 3 aromatic rings. The first-order valence-electron chi connectivity index (χ1n) is 12.1. The molecule has 0 unspecified atom stereocenters. The number of ether oxygens (including phenoxy) is 1. The Bertz CT molecular complexity index is 1430. The molecule has 2 N–H and O–H groups in total. The van der Waals surface area contributed by atoms with Gasteiger partial charge in [0.25, 0.3) is 17.7 Å². The van der Waals surface area contributed by atoms with Gasteiger partial charge >= 0.3 is 5.97 Å². The van der Waals surface area contributed by atoms with Crippen LogP contribution in [0.4, 0.5) is 17.1 Å². The Morgan fingerprint density at radius 3 is 2.11 bits per heavy atom. The lowest BCUT2D eigenvalue weighted by molar-refractivity contribution is -0.120. The number of carbonyl (C=O) groups excluding carboxylic acids is 4. The van der Waals surface area contributed by atoms with Gasteiger partial charge in [-0.2, -0.15) is 0 Å². The third kappa shape index (κ3) is 5.60. The highest BCUT2D eigenvalue weighted by Gasteiger charge is 2.39. The fraction of sp³-hybridized carbons (Fsp3) is 0.172. The number of amides is 3. The minimum Gasteiger partial charge on any atom is -0.459 e. The maximum Gasteiger partial charge on any atom is 0.338 e. The number of para-hydroxylation sites is 1. The molecule has 1 aliphatic heterocycles. The van der Waals surface area contributed by atoms with Crippen LogP contribution in [0.25, 0.3) is 0 Å². The van der Waals surface area contributed by atoms with Crippen molar-refractivity contribution in [3.63, 3.8) is 0 Å². The van der Waals surface area contributed by atoms with Crippen molar-refractivity contribution in [1.29, 1.82) is 0 Å². The van der Waals surface area contributed by atoms with Crippen molar-refractivity contribution < 1.29 is 23.9 Å². The molecule has 0 saturated heterocycles. The molecule has 0 radical (unpaired) electrons. The van der Waals surface area contributed by atoms with Crippen LogP contribution in [0.15, 0.2) is 83.5 Å². The fourth-order valence-electron chi connectivity index (χ4n) is 3.88. The number of esters is 1. The molecule has 194 valence electrons. The average Bonchev–Trinajstić information content (AvgIpc) is 3.11. The Morgan fingerprint density at radius 1 is 0.868 bits per heavy atom. The van der Waals surface area contributed by atoms with Crippen LogP contribution in [0.2, 0.25) is 0 Å². The smallest absolute Gasteiger partial charge is 0.338 e. The predicted octanol–water partition coefficient (Wildman–Crippen LogP) is 5.50. The first-order valence-corrected chi connectivity index (χ1v) is 12.4. The van der Waals surface area contributed by atoms with Crippen LogP contribution in [-0.2, 0) is 20.7 Å². The highest BCUT2D eigenvalue weighted by Crippen LogP contribution is 2.32. The number of aryl methyl sites for hydroxylation is 1. The molecule has 0 aromatic heterocycles. The molecule has 0 fully saturated rings. The zero-order valence-electron chi connectivity index (χ0n) is 21.1. The number of hydrogen-bond acceptors (Lipinski definition) is 6.